The van der Waals surface area contributed by atoms with Gasteiger partial charge in [-0.2, -0.15) is 0 Å². The Morgan fingerprint density at radius 3 is 2.80 bits per heavy atom. The van der Waals surface area contributed by atoms with Crippen LogP contribution in [0.5, 0.6) is 5.75 Å². The van der Waals surface area contributed by atoms with E-state index in [0.717, 1.165) is 22.8 Å². The van der Waals surface area contributed by atoms with Crippen LogP contribution >= 0.6 is 0 Å². The van der Waals surface area contributed by atoms with Gasteiger partial charge in [0.2, 0.25) is 0 Å². The van der Waals surface area contributed by atoms with Gasteiger partial charge in [-0.05, 0) is 28.8 Å². The molecular formula is C13H10O2. The van der Waals surface area contributed by atoms with Crippen molar-refractivity contribution in [2.75, 3.05) is 0 Å². The molecule has 0 unspecified atom stereocenters. The molecule has 0 saturated carbocycles. The number of rotatable bonds is 0. The molecule has 0 amide bonds. The van der Waals surface area contributed by atoms with Crippen LogP contribution in [0.1, 0.15) is 22.3 Å². The fourth-order valence-corrected chi connectivity index (χ4v) is 2.31. The van der Waals surface area contributed by atoms with Gasteiger partial charge in [0, 0.05) is 6.42 Å². The third-order valence-corrected chi connectivity index (χ3v) is 3.01. The molecule has 74 valence electrons. The summed E-state index contributed by atoms with van der Waals surface area (Å²) in [5.74, 6) is 0.163. The minimum atomic E-state index is 0.0526. The monoisotopic (exact) mass is 198 g/mol. The molecule has 0 spiro atoms. The van der Waals surface area contributed by atoms with Crippen molar-refractivity contribution in [2.45, 2.75) is 12.8 Å². The van der Waals surface area contributed by atoms with Gasteiger partial charge >= 0.3 is 0 Å². The molecule has 15 heavy (non-hydrogen) atoms. The molecule has 0 aromatic heterocycles. The second-order valence-corrected chi connectivity index (χ2v) is 3.90. The highest BCUT2D eigenvalue weighted by Gasteiger charge is 2.21. The summed E-state index contributed by atoms with van der Waals surface area (Å²) in [5, 5.41) is 11.7. The molecule has 0 bridgehead atoms. The first-order chi connectivity index (χ1) is 7.27. The smallest absolute Gasteiger partial charge is 0.167 e. The Labute approximate surface area is 87.2 Å². The summed E-state index contributed by atoms with van der Waals surface area (Å²) in [6, 6.07) is 9.45. The Kier molecular flexibility index (Phi) is 1.60. The Bertz CT molecular complexity index is 570. The Hall–Kier alpha value is -1.83. The van der Waals surface area contributed by atoms with Crippen LogP contribution in [-0.2, 0) is 6.42 Å². The third kappa shape index (κ3) is 1.08. The average Bonchev–Trinajstić information content (AvgIpc) is 2.25. The highest BCUT2D eigenvalue weighted by Crippen LogP contribution is 2.34. The number of hydrogen-bond acceptors (Lipinski definition) is 2. The van der Waals surface area contributed by atoms with Crippen molar-refractivity contribution >= 4 is 16.6 Å². The van der Waals surface area contributed by atoms with Crippen molar-refractivity contribution in [3.8, 4) is 5.75 Å². The second kappa shape index (κ2) is 2.83. The molecule has 1 aliphatic carbocycles. The van der Waals surface area contributed by atoms with Crippen LogP contribution < -0.4 is 0 Å². The van der Waals surface area contributed by atoms with Gasteiger partial charge in [-0.1, -0.05) is 24.3 Å². The standard InChI is InChI=1S/C13H10O2/c14-10-6-4-8-2-1-3-9-5-7-11(15)13(10)12(8)9/h1-4,6,14H,5,7H2. The predicted molar refractivity (Wildman–Crippen MR) is 58.3 cm³/mol. The maximum Gasteiger partial charge on any atom is 0.167 e. The minimum absolute atomic E-state index is 0.0526. The van der Waals surface area contributed by atoms with E-state index in [2.05, 4.69) is 0 Å². The molecular weight excluding hydrogens is 188 g/mol. The van der Waals surface area contributed by atoms with E-state index in [1.807, 2.05) is 24.3 Å². The number of aryl methyl sites for hydroxylation is 1. The molecule has 0 atom stereocenters. The van der Waals surface area contributed by atoms with E-state index in [1.165, 1.54) is 0 Å². The zero-order valence-corrected chi connectivity index (χ0v) is 8.16. The van der Waals surface area contributed by atoms with Gasteiger partial charge in [0.15, 0.2) is 5.78 Å². The number of hydrogen-bond donors (Lipinski definition) is 1. The first-order valence-corrected chi connectivity index (χ1v) is 5.04. The molecule has 0 aliphatic heterocycles. The Morgan fingerprint density at radius 2 is 1.93 bits per heavy atom. The quantitative estimate of drug-likeness (QED) is 0.706. The van der Waals surface area contributed by atoms with E-state index in [9.17, 15) is 9.90 Å². The minimum Gasteiger partial charge on any atom is -0.507 e. The van der Waals surface area contributed by atoms with Gasteiger partial charge in [0.25, 0.3) is 0 Å². The lowest BCUT2D eigenvalue weighted by Gasteiger charge is -2.16. The van der Waals surface area contributed by atoms with E-state index in [-0.39, 0.29) is 11.5 Å². The normalized spacial score (nSPS) is 14.5. The van der Waals surface area contributed by atoms with Crippen LogP contribution in [0, 0.1) is 0 Å². The summed E-state index contributed by atoms with van der Waals surface area (Å²) in [4.78, 5) is 11.7. The number of ketones is 1. The number of phenols is 1. The van der Waals surface area contributed by atoms with Crippen LogP contribution in [0.25, 0.3) is 10.8 Å². The van der Waals surface area contributed by atoms with Crippen molar-refractivity contribution in [3.63, 3.8) is 0 Å². The number of Topliss-reactive ketones (excluding diaryl/α,β-unsaturated/α-hetero) is 1. The van der Waals surface area contributed by atoms with Crippen molar-refractivity contribution in [3.05, 3.63) is 41.5 Å². The number of benzene rings is 2. The highest BCUT2D eigenvalue weighted by atomic mass is 16.3. The zero-order chi connectivity index (χ0) is 10.4. The molecule has 0 saturated heterocycles. The first kappa shape index (κ1) is 8.48. The zero-order valence-electron chi connectivity index (χ0n) is 8.16. The topological polar surface area (TPSA) is 37.3 Å². The molecule has 2 nitrogen and oxygen atoms in total. The molecule has 2 aromatic carbocycles. The molecule has 1 N–H and O–H groups in total. The lowest BCUT2D eigenvalue weighted by molar-refractivity contribution is 0.0979. The maximum absolute atomic E-state index is 11.7. The van der Waals surface area contributed by atoms with Gasteiger partial charge in [-0.3, -0.25) is 4.79 Å². The third-order valence-electron chi connectivity index (χ3n) is 3.01. The van der Waals surface area contributed by atoms with Crippen LogP contribution in [-0.4, -0.2) is 10.9 Å². The molecule has 0 fully saturated rings. The van der Waals surface area contributed by atoms with Gasteiger partial charge in [0.1, 0.15) is 5.75 Å². The van der Waals surface area contributed by atoms with E-state index in [4.69, 9.17) is 0 Å². The SMILES string of the molecule is O=C1CCc2cccc3ccc(O)c1c23. The Balaban J connectivity index is 2.55. The average molecular weight is 198 g/mol. The van der Waals surface area contributed by atoms with E-state index in [0.29, 0.717) is 12.0 Å². The summed E-state index contributed by atoms with van der Waals surface area (Å²) >= 11 is 0. The van der Waals surface area contributed by atoms with Gasteiger partial charge in [0.05, 0.1) is 5.56 Å². The van der Waals surface area contributed by atoms with Gasteiger partial charge in [-0.25, -0.2) is 0 Å². The van der Waals surface area contributed by atoms with Crippen LogP contribution in [0.2, 0.25) is 0 Å². The molecule has 2 aromatic rings. The number of phenolic OH excluding ortho intramolecular Hbond substituents is 1. The van der Waals surface area contributed by atoms with Crippen LogP contribution in [0.3, 0.4) is 0 Å². The summed E-state index contributed by atoms with van der Waals surface area (Å²) in [6.07, 6.45) is 1.29. The second-order valence-electron chi connectivity index (χ2n) is 3.90. The van der Waals surface area contributed by atoms with E-state index < -0.39 is 0 Å². The summed E-state index contributed by atoms with van der Waals surface area (Å²) in [6.45, 7) is 0. The van der Waals surface area contributed by atoms with Crippen molar-refractivity contribution < 1.29 is 9.90 Å². The van der Waals surface area contributed by atoms with Crippen molar-refractivity contribution in [2.24, 2.45) is 0 Å². The lowest BCUT2D eigenvalue weighted by atomic mass is 9.87. The fourth-order valence-electron chi connectivity index (χ4n) is 2.31. The van der Waals surface area contributed by atoms with E-state index >= 15 is 0 Å². The highest BCUT2D eigenvalue weighted by molar-refractivity contribution is 6.13. The van der Waals surface area contributed by atoms with Crippen LogP contribution in [0.4, 0.5) is 0 Å². The summed E-state index contributed by atoms with van der Waals surface area (Å²) in [7, 11) is 0. The van der Waals surface area contributed by atoms with Gasteiger partial charge in [-0.15, -0.1) is 0 Å². The molecule has 2 heteroatoms. The summed E-state index contributed by atoms with van der Waals surface area (Å²) in [5.41, 5.74) is 1.67. The fraction of sp³-hybridized carbons (Fsp3) is 0.154. The van der Waals surface area contributed by atoms with E-state index in [1.54, 1.807) is 6.07 Å². The number of aromatic hydroxyl groups is 1. The Morgan fingerprint density at radius 1 is 1.07 bits per heavy atom. The summed E-state index contributed by atoms with van der Waals surface area (Å²) < 4.78 is 0. The van der Waals surface area contributed by atoms with Crippen molar-refractivity contribution in [1.82, 2.24) is 0 Å². The van der Waals surface area contributed by atoms with Crippen molar-refractivity contribution in [1.29, 1.82) is 0 Å². The van der Waals surface area contributed by atoms with Gasteiger partial charge < -0.3 is 5.11 Å². The maximum atomic E-state index is 11.7. The predicted octanol–water partition coefficient (Wildman–Crippen LogP) is 2.67. The number of carbonyl (C=O) groups excluding carboxylic acids is 1. The lowest BCUT2D eigenvalue weighted by Crippen LogP contribution is -2.09. The molecule has 3 rings (SSSR count). The first-order valence-electron chi connectivity index (χ1n) is 5.04. The van der Waals surface area contributed by atoms with Crippen LogP contribution in [0.15, 0.2) is 30.3 Å². The largest absolute Gasteiger partial charge is 0.507 e. The molecule has 0 radical (unpaired) electrons. The molecule has 0 heterocycles. The number of carbonyl (C=O) groups is 1. The molecule has 1 aliphatic rings.